The summed E-state index contributed by atoms with van der Waals surface area (Å²) < 4.78 is 5.66. The van der Waals surface area contributed by atoms with Gasteiger partial charge in [0, 0.05) is 6.04 Å². The maximum atomic E-state index is 9.28. The summed E-state index contributed by atoms with van der Waals surface area (Å²) in [5.41, 5.74) is 0.488. The summed E-state index contributed by atoms with van der Waals surface area (Å²) in [6, 6.07) is 10.4. The molecule has 2 N–H and O–H groups in total. The lowest BCUT2D eigenvalue weighted by molar-refractivity contribution is 0.280. The number of rotatable bonds is 9. The van der Waals surface area contributed by atoms with E-state index in [0.29, 0.717) is 12.6 Å². The van der Waals surface area contributed by atoms with Gasteiger partial charge in [0.05, 0.1) is 19.3 Å². The number of hydrogen-bond acceptors (Lipinski definition) is 4. The number of hydrogen-bond donors (Lipinski definition) is 2. The van der Waals surface area contributed by atoms with Crippen molar-refractivity contribution < 1.29 is 9.84 Å². The van der Waals surface area contributed by atoms with Crippen molar-refractivity contribution in [2.45, 2.75) is 57.2 Å². The highest BCUT2D eigenvalue weighted by atomic mass is 16.5. The standard InChI is InChI=1S/C17H24N2O2/c1-17(13-18,19-15-6-7-15)10-2-3-11-21-16-8-4-14(12-20)5-9-16/h4-5,8-9,15,19-20H,2-3,6-7,10-12H2,1H3. The smallest absolute Gasteiger partial charge is 0.119 e. The normalized spacial score (nSPS) is 17.0. The fourth-order valence-electron chi connectivity index (χ4n) is 2.30. The van der Waals surface area contributed by atoms with Crippen LogP contribution in [0, 0.1) is 11.3 Å². The van der Waals surface area contributed by atoms with E-state index in [1.54, 1.807) is 0 Å². The molecule has 1 saturated carbocycles. The third kappa shape index (κ3) is 5.37. The van der Waals surface area contributed by atoms with Crippen LogP contribution in [0.25, 0.3) is 0 Å². The second-order valence-electron chi connectivity index (χ2n) is 5.97. The Morgan fingerprint density at radius 3 is 2.62 bits per heavy atom. The summed E-state index contributed by atoms with van der Waals surface area (Å²) in [5.74, 6) is 0.825. The second kappa shape index (κ2) is 7.44. The van der Waals surface area contributed by atoms with Crippen LogP contribution < -0.4 is 10.1 Å². The molecule has 1 atom stereocenters. The molecule has 0 saturated heterocycles. The van der Waals surface area contributed by atoms with Crippen LogP contribution in [0.15, 0.2) is 24.3 Å². The van der Waals surface area contributed by atoms with Crippen LogP contribution in [0.1, 0.15) is 44.6 Å². The predicted octanol–water partition coefficient (Wildman–Crippen LogP) is 2.76. The molecule has 1 aromatic carbocycles. The summed E-state index contributed by atoms with van der Waals surface area (Å²) in [6.45, 7) is 2.70. The molecule has 1 aromatic rings. The first-order valence-corrected chi connectivity index (χ1v) is 7.67. The zero-order valence-corrected chi connectivity index (χ0v) is 12.6. The van der Waals surface area contributed by atoms with Crippen LogP contribution in [0.2, 0.25) is 0 Å². The fourth-order valence-corrected chi connectivity index (χ4v) is 2.30. The number of aliphatic hydroxyl groups is 1. The van der Waals surface area contributed by atoms with Crippen LogP contribution in [-0.4, -0.2) is 23.3 Å². The molecular weight excluding hydrogens is 264 g/mol. The molecule has 1 fully saturated rings. The van der Waals surface area contributed by atoms with Gasteiger partial charge in [0.1, 0.15) is 11.3 Å². The van der Waals surface area contributed by atoms with Gasteiger partial charge in [-0.3, -0.25) is 5.32 Å². The second-order valence-corrected chi connectivity index (χ2v) is 5.97. The molecule has 1 unspecified atom stereocenters. The summed E-state index contributed by atoms with van der Waals surface area (Å²) in [5, 5.41) is 21.7. The minimum atomic E-state index is -0.399. The molecule has 0 heterocycles. The minimum absolute atomic E-state index is 0.0566. The average molecular weight is 288 g/mol. The summed E-state index contributed by atoms with van der Waals surface area (Å²) in [4.78, 5) is 0. The summed E-state index contributed by atoms with van der Waals surface area (Å²) in [6.07, 6.45) is 5.16. The predicted molar refractivity (Wildman–Crippen MR) is 81.9 cm³/mol. The zero-order chi connectivity index (χ0) is 15.1. The molecular formula is C17H24N2O2. The SMILES string of the molecule is CC(C#N)(CCCCOc1ccc(CO)cc1)NC1CC1. The number of benzene rings is 1. The Morgan fingerprint density at radius 1 is 1.33 bits per heavy atom. The molecule has 1 aliphatic rings. The van der Waals surface area contributed by atoms with Crippen molar-refractivity contribution in [1.29, 1.82) is 5.26 Å². The fraction of sp³-hybridized carbons (Fsp3) is 0.588. The van der Waals surface area contributed by atoms with E-state index < -0.39 is 5.54 Å². The van der Waals surface area contributed by atoms with Crippen LogP contribution in [-0.2, 0) is 6.61 Å². The third-order valence-electron chi connectivity index (χ3n) is 3.79. The van der Waals surface area contributed by atoms with Crippen LogP contribution in [0.4, 0.5) is 0 Å². The molecule has 1 aliphatic carbocycles. The molecule has 0 amide bonds. The van der Waals surface area contributed by atoms with Gasteiger partial charge in [0.2, 0.25) is 0 Å². The third-order valence-corrected chi connectivity index (χ3v) is 3.79. The largest absolute Gasteiger partial charge is 0.494 e. The molecule has 0 aromatic heterocycles. The van der Waals surface area contributed by atoms with Crippen molar-refractivity contribution in [1.82, 2.24) is 5.32 Å². The molecule has 2 rings (SSSR count). The number of nitriles is 1. The topological polar surface area (TPSA) is 65.3 Å². The van der Waals surface area contributed by atoms with E-state index in [1.807, 2.05) is 31.2 Å². The van der Waals surface area contributed by atoms with Gasteiger partial charge in [-0.2, -0.15) is 5.26 Å². The van der Waals surface area contributed by atoms with Crippen LogP contribution in [0.3, 0.4) is 0 Å². The van der Waals surface area contributed by atoms with E-state index >= 15 is 0 Å². The molecule has 0 radical (unpaired) electrons. The highest BCUT2D eigenvalue weighted by molar-refractivity contribution is 5.26. The van der Waals surface area contributed by atoms with Gasteiger partial charge < -0.3 is 9.84 Å². The van der Waals surface area contributed by atoms with Gasteiger partial charge in [0.25, 0.3) is 0 Å². The Balaban J connectivity index is 1.63. The zero-order valence-electron chi connectivity index (χ0n) is 12.6. The van der Waals surface area contributed by atoms with E-state index in [9.17, 15) is 5.26 Å². The minimum Gasteiger partial charge on any atom is -0.494 e. The summed E-state index contributed by atoms with van der Waals surface area (Å²) in [7, 11) is 0. The quantitative estimate of drug-likeness (QED) is 0.686. The van der Waals surface area contributed by atoms with Crippen LogP contribution >= 0.6 is 0 Å². The molecule has 114 valence electrons. The molecule has 21 heavy (non-hydrogen) atoms. The lowest BCUT2D eigenvalue weighted by Gasteiger charge is -2.23. The Kier molecular flexibility index (Phi) is 5.60. The van der Waals surface area contributed by atoms with E-state index in [-0.39, 0.29) is 6.61 Å². The Bertz CT molecular complexity index is 477. The lowest BCUT2D eigenvalue weighted by Crippen LogP contribution is -2.42. The van der Waals surface area contributed by atoms with Gasteiger partial charge in [0.15, 0.2) is 0 Å². The van der Waals surface area contributed by atoms with E-state index in [1.165, 1.54) is 12.8 Å². The number of aliphatic hydroxyl groups excluding tert-OH is 1. The molecule has 4 heteroatoms. The van der Waals surface area contributed by atoms with Crippen molar-refractivity contribution in [2.75, 3.05) is 6.61 Å². The first-order valence-electron chi connectivity index (χ1n) is 7.67. The van der Waals surface area contributed by atoms with E-state index in [0.717, 1.165) is 30.6 Å². The van der Waals surface area contributed by atoms with E-state index in [2.05, 4.69) is 11.4 Å². The Labute approximate surface area is 126 Å². The van der Waals surface area contributed by atoms with Gasteiger partial charge in [-0.25, -0.2) is 0 Å². The van der Waals surface area contributed by atoms with Crippen molar-refractivity contribution >= 4 is 0 Å². The molecule has 0 aliphatic heterocycles. The number of nitrogens with zero attached hydrogens (tertiary/aromatic N) is 1. The summed E-state index contributed by atoms with van der Waals surface area (Å²) >= 11 is 0. The van der Waals surface area contributed by atoms with Crippen molar-refractivity contribution in [2.24, 2.45) is 0 Å². The van der Waals surface area contributed by atoms with Gasteiger partial charge in [-0.05, 0) is 56.7 Å². The first-order chi connectivity index (χ1) is 10.1. The molecule has 0 bridgehead atoms. The van der Waals surface area contributed by atoms with Crippen molar-refractivity contribution in [3.8, 4) is 11.8 Å². The first kappa shape index (κ1) is 15.8. The average Bonchev–Trinajstić information content (AvgIpc) is 3.31. The number of unbranched alkanes of at least 4 members (excludes halogenated alkanes) is 1. The molecule has 4 nitrogen and oxygen atoms in total. The van der Waals surface area contributed by atoms with Gasteiger partial charge in [-0.1, -0.05) is 12.1 Å². The van der Waals surface area contributed by atoms with Crippen molar-refractivity contribution in [3.05, 3.63) is 29.8 Å². The van der Waals surface area contributed by atoms with Crippen molar-refractivity contribution in [3.63, 3.8) is 0 Å². The maximum absolute atomic E-state index is 9.28. The lowest BCUT2D eigenvalue weighted by atomic mass is 9.96. The Morgan fingerprint density at radius 2 is 2.05 bits per heavy atom. The Hall–Kier alpha value is -1.57. The molecule has 0 spiro atoms. The monoisotopic (exact) mass is 288 g/mol. The van der Waals surface area contributed by atoms with Gasteiger partial charge >= 0.3 is 0 Å². The maximum Gasteiger partial charge on any atom is 0.119 e. The highest BCUT2D eigenvalue weighted by Gasteiger charge is 2.31. The highest BCUT2D eigenvalue weighted by Crippen LogP contribution is 2.24. The van der Waals surface area contributed by atoms with Crippen LogP contribution in [0.5, 0.6) is 5.75 Å². The van der Waals surface area contributed by atoms with E-state index in [4.69, 9.17) is 9.84 Å². The number of ether oxygens (including phenoxy) is 1. The number of nitrogens with one attached hydrogen (secondary N) is 1. The van der Waals surface area contributed by atoms with Gasteiger partial charge in [-0.15, -0.1) is 0 Å².